The van der Waals surface area contributed by atoms with E-state index < -0.39 is 0 Å². The molecule has 2 N–H and O–H groups in total. The van der Waals surface area contributed by atoms with Crippen molar-refractivity contribution in [2.45, 2.75) is 43.6 Å². The molecule has 3 nitrogen and oxygen atoms in total. The number of nitrogens with zero attached hydrogens (tertiary/aromatic N) is 1. The van der Waals surface area contributed by atoms with Gasteiger partial charge in [-0.1, -0.05) is 37.7 Å². The fraction of sp³-hybridized carbons (Fsp3) is 0.500. The molecule has 0 saturated carbocycles. The number of hydrogen-bond acceptors (Lipinski definition) is 3. The van der Waals surface area contributed by atoms with Crippen LogP contribution in [0.5, 0.6) is 0 Å². The van der Waals surface area contributed by atoms with Gasteiger partial charge in [0.1, 0.15) is 0 Å². The summed E-state index contributed by atoms with van der Waals surface area (Å²) >= 11 is 1.82. The molecule has 0 saturated heterocycles. The first-order valence-electron chi connectivity index (χ1n) is 6.53. The zero-order chi connectivity index (χ0) is 13.0. The van der Waals surface area contributed by atoms with E-state index in [2.05, 4.69) is 42.1 Å². The number of benzene rings is 1. The van der Waals surface area contributed by atoms with Crippen molar-refractivity contribution in [2.24, 2.45) is 0 Å². The standard InChI is InChI=1S/C14H21N3S/c1-4-15-10(2)9-11(3)18-14-16-12-7-5-6-8-13(12)17-14/h5-8,10-11,15H,4,9H2,1-3H3,(H,16,17). The van der Waals surface area contributed by atoms with Gasteiger partial charge in [-0.25, -0.2) is 4.98 Å². The van der Waals surface area contributed by atoms with Crippen LogP contribution in [-0.4, -0.2) is 27.8 Å². The summed E-state index contributed by atoms with van der Waals surface area (Å²) in [5, 5.41) is 5.02. The van der Waals surface area contributed by atoms with Gasteiger partial charge in [0.05, 0.1) is 11.0 Å². The smallest absolute Gasteiger partial charge is 0.166 e. The number of nitrogens with one attached hydrogen (secondary N) is 2. The number of thioether (sulfide) groups is 1. The van der Waals surface area contributed by atoms with Gasteiger partial charge in [0.25, 0.3) is 0 Å². The van der Waals surface area contributed by atoms with E-state index in [4.69, 9.17) is 0 Å². The Balaban J connectivity index is 1.96. The molecule has 2 unspecified atom stereocenters. The fourth-order valence-corrected chi connectivity index (χ4v) is 3.24. The molecule has 0 bridgehead atoms. The van der Waals surface area contributed by atoms with Gasteiger partial charge in [0, 0.05) is 11.3 Å². The number of fused-ring (bicyclic) bond motifs is 1. The van der Waals surface area contributed by atoms with Crippen molar-refractivity contribution in [1.29, 1.82) is 0 Å². The summed E-state index contributed by atoms with van der Waals surface area (Å²) in [5.41, 5.74) is 2.17. The number of imidazole rings is 1. The molecule has 0 amide bonds. The highest BCUT2D eigenvalue weighted by atomic mass is 32.2. The Kier molecular flexibility index (Phi) is 4.66. The van der Waals surface area contributed by atoms with Crippen LogP contribution in [0.1, 0.15) is 27.2 Å². The number of rotatable bonds is 6. The van der Waals surface area contributed by atoms with Gasteiger partial charge in [0.15, 0.2) is 5.16 Å². The number of para-hydroxylation sites is 2. The third kappa shape index (κ3) is 3.50. The second-order valence-corrected chi connectivity index (χ2v) is 6.11. The van der Waals surface area contributed by atoms with Gasteiger partial charge >= 0.3 is 0 Å². The minimum absolute atomic E-state index is 0.555. The molecule has 0 fully saturated rings. The Morgan fingerprint density at radius 1 is 1.33 bits per heavy atom. The van der Waals surface area contributed by atoms with Gasteiger partial charge in [-0.05, 0) is 32.0 Å². The van der Waals surface area contributed by atoms with Crippen LogP contribution in [0.2, 0.25) is 0 Å². The van der Waals surface area contributed by atoms with Crippen molar-refractivity contribution in [3.8, 4) is 0 Å². The van der Waals surface area contributed by atoms with E-state index in [0.29, 0.717) is 11.3 Å². The highest BCUT2D eigenvalue weighted by molar-refractivity contribution is 7.99. The SMILES string of the molecule is CCNC(C)CC(C)Sc1nc2ccccc2[nH]1. The van der Waals surface area contributed by atoms with Gasteiger partial charge in [-0.15, -0.1) is 0 Å². The van der Waals surface area contributed by atoms with Crippen molar-refractivity contribution >= 4 is 22.8 Å². The average molecular weight is 263 g/mol. The van der Waals surface area contributed by atoms with Crippen LogP contribution in [-0.2, 0) is 0 Å². The number of aromatic amines is 1. The summed E-state index contributed by atoms with van der Waals surface area (Å²) in [6.07, 6.45) is 1.15. The van der Waals surface area contributed by atoms with E-state index in [1.165, 1.54) is 0 Å². The second-order valence-electron chi connectivity index (χ2n) is 4.68. The molecule has 1 aromatic carbocycles. The monoisotopic (exact) mass is 263 g/mol. The maximum absolute atomic E-state index is 4.59. The number of aromatic nitrogens is 2. The maximum atomic E-state index is 4.59. The maximum Gasteiger partial charge on any atom is 0.166 e. The molecule has 1 heterocycles. The molecule has 0 aliphatic rings. The second kappa shape index (κ2) is 6.25. The zero-order valence-corrected chi connectivity index (χ0v) is 12.1. The molecule has 2 aromatic rings. The van der Waals surface area contributed by atoms with E-state index in [0.717, 1.165) is 29.2 Å². The number of H-pyrrole nitrogens is 1. The summed E-state index contributed by atoms with van der Waals surface area (Å²) in [7, 11) is 0. The lowest BCUT2D eigenvalue weighted by Gasteiger charge is -2.16. The molecule has 2 rings (SSSR count). The van der Waals surface area contributed by atoms with E-state index in [9.17, 15) is 0 Å². The topological polar surface area (TPSA) is 40.7 Å². The van der Waals surface area contributed by atoms with E-state index >= 15 is 0 Å². The predicted octanol–water partition coefficient (Wildman–Crippen LogP) is 3.43. The fourth-order valence-electron chi connectivity index (χ4n) is 2.15. The Labute approximate surface area is 113 Å². The Morgan fingerprint density at radius 2 is 2.11 bits per heavy atom. The van der Waals surface area contributed by atoms with Crippen LogP contribution in [0.3, 0.4) is 0 Å². The van der Waals surface area contributed by atoms with E-state index in [1.54, 1.807) is 0 Å². The molecule has 98 valence electrons. The van der Waals surface area contributed by atoms with Crippen molar-refractivity contribution in [2.75, 3.05) is 6.54 Å². The van der Waals surface area contributed by atoms with Crippen LogP contribution < -0.4 is 5.32 Å². The van der Waals surface area contributed by atoms with E-state index in [-0.39, 0.29) is 0 Å². The Morgan fingerprint density at radius 3 is 2.83 bits per heavy atom. The lowest BCUT2D eigenvalue weighted by molar-refractivity contribution is 0.529. The van der Waals surface area contributed by atoms with Gasteiger partial charge in [-0.3, -0.25) is 0 Å². The van der Waals surface area contributed by atoms with Crippen LogP contribution >= 0.6 is 11.8 Å². The van der Waals surface area contributed by atoms with E-state index in [1.807, 2.05) is 30.0 Å². The van der Waals surface area contributed by atoms with Crippen molar-refractivity contribution < 1.29 is 0 Å². The molecule has 4 heteroatoms. The summed E-state index contributed by atoms with van der Waals surface area (Å²) in [6, 6.07) is 8.72. The minimum atomic E-state index is 0.555. The van der Waals surface area contributed by atoms with Crippen LogP contribution in [0.25, 0.3) is 11.0 Å². The quantitative estimate of drug-likeness (QED) is 0.784. The van der Waals surface area contributed by atoms with Gasteiger partial charge in [-0.2, -0.15) is 0 Å². The molecule has 0 aliphatic heterocycles. The van der Waals surface area contributed by atoms with Crippen LogP contribution in [0.4, 0.5) is 0 Å². The van der Waals surface area contributed by atoms with Crippen LogP contribution in [0.15, 0.2) is 29.4 Å². The van der Waals surface area contributed by atoms with Crippen molar-refractivity contribution in [3.63, 3.8) is 0 Å². The lowest BCUT2D eigenvalue weighted by atomic mass is 10.2. The molecule has 18 heavy (non-hydrogen) atoms. The normalized spacial score (nSPS) is 14.8. The summed E-state index contributed by atoms with van der Waals surface area (Å²) < 4.78 is 0. The molecule has 0 radical (unpaired) electrons. The molecule has 0 spiro atoms. The third-order valence-corrected chi connectivity index (χ3v) is 3.93. The Bertz CT molecular complexity index is 461. The minimum Gasteiger partial charge on any atom is -0.333 e. The molecular weight excluding hydrogens is 242 g/mol. The summed E-state index contributed by atoms with van der Waals surface area (Å²) in [5.74, 6) is 0. The lowest BCUT2D eigenvalue weighted by Crippen LogP contribution is -2.28. The largest absolute Gasteiger partial charge is 0.333 e. The highest BCUT2D eigenvalue weighted by Crippen LogP contribution is 2.25. The Hall–Kier alpha value is -1.00. The molecule has 2 atom stereocenters. The average Bonchev–Trinajstić information content (AvgIpc) is 2.70. The summed E-state index contributed by atoms with van der Waals surface area (Å²) in [4.78, 5) is 7.96. The van der Waals surface area contributed by atoms with Crippen LogP contribution in [0, 0.1) is 0 Å². The van der Waals surface area contributed by atoms with Gasteiger partial charge in [0.2, 0.25) is 0 Å². The highest BCUT2D eigenvalue weighted by Gasteiger charge is 2.11. The van der Waals surface area contributed by atoms with Crippen molar-refractivity contribution in [1.82, 2.24) is 15.3 Å². The first-order chi connectivity index (χ1) is 8.69. The van der Waals surface area contributed by atoms with Crippen molar-refractivity contribution in [3.05, 3.63) is 24.3 Å². The third-order valence-electron chi connectivity index (χ3n) is 2.92. The molecule has 0 aliphatic carbocycles. The first kappa shape index (κ1) is 13.4. The first-order valence-corrected chi connectivity index (χ1v) is 7.41. The van der Waals surface area contributed by atoms with Gasteiger partial charge < -0.3 is 10.3 Å². The zero-order valence-electron chi connectivity index (χ0n) is 11.2. The summed E-state index contributed by atoms with van der Waals surface area (Å²) in [6.45, 7) is 7.67. The number of hydrogen-bond donors (Lipinski definition) is 2. The molecule has 1 aromatic heterocycles. The predicted molar refractivity (Wildman–Crippen MR) is 79.2 cm³/mol. The molecular formula is C14H21N3S.